The molecule has 2 aliphatic rings. The Balaban J connectivity index is 2.26. The first-order valence-corrected chi connectivity index (χ1v) is 5.89. The Morgan fingerprint density at radius 3 is 2.75 bits per heavy atom. The van der Waals surface area contributed by atoms with Crippen molar-refractivity contribution in [3.05, 3.63) is 35.3 Å². The first-order chi connectivity index (χ1) is 7.64. The van der Waals surface area contributed by atoms with Crippen molar-refractivity contribution in [1.29, 1.82) is 0 Å². The van der Waals surface area contributed by atoms with E-state index in [9.17, 15) is 4.39 Å². The van der Waals surface area contributed by atoms with Gasteiger partial charge in [0.2, 0.25) is 0 Å². The van der Waals surface area contributed by atoms with Crippen LogP contribution in [-0.4, -0.2) is 19.6 Å². The molecule has 2 nitrogen and oxygen atoms in total. The van der Waals surface area contributed by atoms with Gasteiger partial charge in [0.05, 0.1) is 5.03 Å². The molecule has 2 N–H and O–H groups in total. The Morgan fingerprint density at radius 1 is 1.38 bits per heavy atom. The fourth-order valence-corrected chi connectivity index (χ4v) is 2.48. The van der Waals surface area contributed by atoms with Gasteiger partial charge in [-0.1, -0.05) is 18.2 Å². The van der Waals surface area contributed by atoms with Crippen molar-refractivity contribution in [2.24, 2.45) is 5.41 Å². The maximum absolute atomic E-state index is 13.3. The zero-order valence-electron chi connectivity index (χ0n) is 9.15. The van der Waals surface area contributed by atoms with E-state index >= 15 is 0 Å². The summed E-state index contributed by atoms with van der Waals surface area (Å²) in [6, 6.07) is 0. The van der Waals surface area contributed by atoms with E-state index in [-0.39, 0.29) is 10.4 Å². The predicted octanol–water partition coefficient (Wildman–Crippen LogP) is 2.45. The van der Waals surface area contributed by atoms with Crippen LogP contribution in [0.25, 0.3) is 0 Å². The Hall–Kier alpha value is -0.800. The highest BCUT2D eigenvalue weighted by Crippen LogP contribution is 2.38. The second kappa shape index (κ2) is 4.60. The maximum Gasteiger partial charge on any atom is 0.157 e. The van der Waals surface area contributed by atoms with Crippen LogP contribution in [0.5, 0.6) is 0 Å². The standard InChI is InChI=1S/C12H16ClFN2/c1-9-6-10(13)11(14)7-16-8-12(9)2-4-15-5-3-12/h6-7,15-16H,1-5,8H2/b10-6+,11-7+. The van der Waals surface area contributed by atoms with Crippen LogP contribution in [0.4, 0.5) is 4.39 Å². The molecule has 0 saturated carbocycles. The number of piperidine rings is 1. The monoisotopic (exact) mass is 242 g/mol. The van der Waals surface area contributed by atoms with Gasteiger partial charge in [0, 0.05) is 18.2 Å². The van der Waals surface area contributed by atoms with Gasteiger partial charge in [0.1, 0.15) is 0 Å². The molecule has 0 unspecified atom stereocenters. The number of hydrogen-bond donors (Lipinski definition) is 2. The average molecular weight is 243 g/mol. The van der Waals surface area contributed by atoms with Gasteiger partial charge in [-0.25, -0.2) is 4.39 Å². The summed E-state index contributed by atoms with van der Waals surface area (Å²) in [5, 5.41) is 6.46. The summed E-state index contributed by atoms with van der Waals surface area (Å²) in [5.41, 5.74) is 0.942. The van der Waals surface area contributed by atoms with E-state index in [0.717, 1.165) is 38.0 Å². The normalized spacial score (nSPS) is 31.8. The minimum Gasteiger partial charge on any atom is -0.388 e. The van der Waals surface area contributed by atoms with E-state index in [1.807, 2.05) is 0 Å². The van der Waals surface area contributed by atoms with Crippen LogP contribution >= 0.6 is 11.6 Å². The smallest absolute Gasteiger partial charge is 0.157 e. The van der Waals surface area contributed by atoms with E-state index in [1.165, 1.54) is 6.20 Å². The second-order valence-corrected chi connectivity index (χ2v) is 4.83. The quantitative estimate of drug-likeness (QED) is 0.682. The van der Waals surface area contributed by atoms with E-state index in [0.29, 0.717) is 0 Å². The Kier molecular flexibility index (Phi) is 3.36. The number of nitrogens with one attached hydrogen (secondary N) is 2. The molecule has 0 aliphatic carbocycles. The highest BCUT2D eigenvalue weighted by Gasteiger charge is 2.34. The largest absolute Gasteiger partial charge is 0.388 e. The Morgan fingerprint density at radius 2 is 2.06 bits per heavy atom. The van der Waals surface area contributed by atoms with Crippen LogP contribution in [0.2, 0.25) is 0 Å². The molecule has 2 heterocycles. The zero-order valence-corrected chi connectivity index (χ0v) is 9.91. The molecule has 1 spiro atoms. The molecule has 4 heteroatoms. The van der Waals surface area contributed by atoms with Gasteiger partial charge in [-0.15, -0.1) is 0 Å². The Bertz CT molecular complexity index is 354. The summed E-state index contributed by atoms with van der Waals surface area (Å²) in [5.74, 6) is -0.424. The number of allylic oxidation sites excluding steroid dienone is 3. The topological polar surface area (TPSA) is 24.1 Å². The molecule has 0 atom stereocenters. The van der Waals surface area contributed by atoms with Crippen LogP contribution in [0.15, 0.2) is 35.3 Å². The van der Waals surface area contributed by atoms with Crippen molar-refractivity contribution >= 4 is 11.6 Å². The summed E-state index contributed by atoms with van der Waals surface area (Å²) in [6.45, 7) is 6.72. The molecule has 88 valence electrons. The lowest BCUT2D eigenvalue weighted by atomic mass is 9.72. The highest BCUT2D eigenvalue weighted by molar-refractivity contribution is 6.31. The molecule has 16 heavy (non-hydrogen) atoms. The van der Waals surface area contributed by atoms with Gasteiger partial charge < -0.3 is 10.6 Å². The summed E-state index contributed by atoms with van der Waals surface area (Å²) in [4.78, 5) is 0. The van der Waals surface area contributed by atoms with Gasteiger partial charge >= 0.3 is 0 Å². The van der Waals surface area contributed by atoms with E-state index in [1.54, 1.807) is 6.08 Å². The molecule has 0 amide bonds. The van der Waals surface area contributed by atoms with Crippen LogP contribution < -0.4 is 10.6 Å². The van der Waals surface area contributed by atoms with Crippen molar-refractivity contribution in [3.63, 3.8) is 0 Å². The molecule has 0 radical (unpaired) electrons. The minimum absolute atomic E-state index is 0.0165. The summed E-state index contributed by atoms with van der Waals surface area (Å²) in [7, 11) is 0. The van der Waals surface area contributed by atoms with Gasteiger partial charge in [0.15, 0.2) is 5.83 Å². The summed E-state index contributed by atoms with van der Waals surface area (Å²) < 4.78 is 13.3. The molecule has 0 aromatic rings. The number of rotatable bonds is 0. The van der Waals surface area contributed by atoms with E-state index < -0.39 is 5.83 Å². The summed E-state index contributed by atoms with van der Waals surface area (Å²) in [6.07, 6.45) is 5.03. The third-order valence-corrected chi connectivity index (χ3v) is 3.73. The van der Waals surface area contributed by atoms with Gasteiger partial charge in [-0.3, -0.25) is 0 Å². The fraction of sp³-hybridized carbons (Fsp3) is 0.500. The molecule has 0 aromatic carbocycles. The van der Waals surface area contributed by atoms with Crippen LogP contribution in [-0.2, 0) is 0 Å². The first kappa shape index (κ1) is 11.7. The van der Waals surface area contributed by atoms with Crippen LogP contribution in [0.1, 0.15) is 12.8 Å². The number of halogens is 2. The number of hydrogen-bond acceptors (Lipinski definition) is 2. The van der Waals surface area contributed by atoms with Crippen molar-refractivity contribution in [1.82, 2.24) is 10.6 Å². The lowest BCUT2D eigenvalue weighted by molar-refractivity contribution is 0.256. The highest BCUT2D eigenvalue weighted by atomic mass is 35.5. The molecule has 0 aromatic heterocycles. The second-order valence-electron chi connectivity index (χ2n) is 4.42. The van der Waals surface area contributed by atoms with Crippen LogP contribution in [0, 0.1) is 5.41 Å². The van der Waals surface area contributed by atoms with Crippen molar-refractivity contribution in [3.8, 4) is 0 Å². The zero-order chi connectivity index (χ0) is 11.6. The van der Waals surface area contributed by atoms with Crippen LogP contribution in [0.3, 0.4) is 0 Å². The molecule has 1 saturated heterocycles. The van der Waals surface area contributed by atoms with Gasteiger partial charge in [-0.2, -0.15) is 0 Å². The Labute approximate surface area is 100 Å². The lowest BCUT2D eigenvalue weighted by Crippen LogP contribution is -2.43. The van der Waals surface area contributed by atoms with Crippen molar-refractivity contribution in [2.45, 2.75) is 12.8 Å². The molecular weight excluding hydrogens is 227 g/mol. The van der Waals surface area contributed by atoms with Crippen molar-refractivity contribution in [2.75, 3.05) is 19.6 Å². The molecular formula is C12H16ClFN2. The molecule has 1 fully saturated rings. The minimum atomic E-state index is -0.424. The molecule has 2 aliphatic heterocycles. The maximum atomic E-state index is 13.3. The lowest BCUT2D eigenvalue weighted by Gasteiger charge is -2.39. The van der Waals surface area contributed by atoms with Gasteiger partial charge in [-0.05, 0) is 37.6 Å². The first-order valence-electron chi connectivity index (χ1n) is 5.51. The van der Waals surface area contributed by atoms with Gasteiger partial charge in [0.25, 0.3) is 0 Å². The SMILES string of the molecule is C=C1/C=C(Cl)\C(F)=C/NCC12CCNCC2. The predicted molar refractivity (Wildman–Crippen MR) is 64.8 cm³/mol. The molecule has 0 bridgehead atoms. The third kappa shape index (κ3) is 2.15. The molecule has 2 rings (SSSR count). The summed E-state index contributed by atoms with van der Waals surface area (Å²) >= 11 is 5.84. The fourth-order valence-electron chi connectivity index (χ4n) is 2.30. The van der Waals surface area contributed by atoms with E-state index in [4.69, 9.17) is 11.6 Å². The van der Waals surface area contributed by atoms with Crippen molar-refractivity contribution < 1.29 is 4.39 Å². The average Bonchev–Trinajstić information content (AvgIpc) is 2.29. The third-order valence-electron chi connectivity index (χ3n) is 3.44. The van der Waals surface area contributed by atoms with E-state index in [2.05, 4.69) is 17.2 Å².